The molecule has 8 heteroatoms. The molecule has 2 rings (SSSR count). The fourth-order valence-corrected chi connectivity index (χ4v) is 2.62. The quantitative estimate of drug-likeness (QED) is 0.653. The van der Waals surface area contributed by atoms with Gasteiger partial charge in [-0.25, -0.2) is 4.98 Å². The lowest BCUT2D eigenvalue weighted by atomic mass is 10.3. The molecular formula is C13H16N4O3S. The van der Waals surface area contributed by atoms with Gasteiger partial charge in [-0.3, -0.25) is 10.1 Å². The van der Waals surface area contributed by atoms with Crippen LogP contribution in [0.5, 0.6) is 5.88 Å². The van der Waals surface area contributed by atoms with E-state index >= 15 is 0 Å². The van der Waals surface area contributed by atoms with Crippen molar-refractivity contribution in [2.24, 2.45) is 0 Å². The second-order valence-electron chi connectivity index (χ2n) is 4.46. The molecule has 0 spiro atoms. The zero-order valence-electron chi connectivity index (χ0n) is 12.0. The number of methoxy groups -OCH3 is 1. The number of aromatic nitrogens is 1. The maximum Gasteiger partial charge on any atom is 0.324 e. The Balaban J connectivity index is 2.20. The maximum atomic E-state index is 10.7. The zero-order valence-corrected chi connectivity index (χ0v) is 12.8. The zero-order chi connectivity index (χ0) is 15.4. The largest absolute Gasteiger partial charge is 0.479 e. The molecule has 0 aromatic carbocycles. The van der Waals surface area contributed by atoms with Crippen LogP contribution in [0, 0.1) is 10.1 Å². The summed E-state index contributed by atoms with van der Waals surface area (Å²) in [5.74, 6) is 0.493. The Morgan fingerprint density at radius 3 is 2.76 bits per heavy atom. The van der Waals surface area contributed by atoms with Crippen molar-refractivity contribution < 1.29 is 9.66 Å². The Bertz CT molecular complexity index is 642. The molecule has 2 aromatic heterocycles. The summed E-state index contributed by atoms with van der Waals surface area (Å²) in [6.45, 7) is 0.474. The van der Waals surface area contributed by atoms with Crippen LogP contribution in [0.1, 0.15) is 4.88 Å². The molecule has 0 amide bonds. The average Bonchev–Trinajstić information content (AvgIpc) is 2.93. The molecule has 0 atom stereocenters. The van der Waals surface area contributed by atoms with Gasteiger partial charge in [-0.15, -0.1) is 0 Å². The standard InChI is InChI=1S/C13H16N4O3S/c1-16(2)10-6-7-14-13(20-3)12(10)15-8-9-4-5-11(21-9)17(18)19/h4-7,15H,8H2,1-3H3. The van der Waals surface area contributed by atoms with Gasteiger partial charge >= 0.3 is 5.00 Å². The molecule has 0 bridgehead atoms. The van der Waals surface area contributed by atoms with Crippen LogP contribution in [0.15, 0.2) is 24.4 Å². The first-order valence-electron chi connectivity index (χ1n) is 6.20. The SMILES string of the molecule is COc1nccc(N(C)C)c1NCc1ccc([N+](=O)[O-])s1. The van der Waals surface area contributed by atoms with Crippen molar-refractivity contribution in [3.05, 3.63) is 39.4 Å². The van der Waals surface area contributed by atoms with Crippen molar-refractivity contribution in [2.75, 3.05) is 31.4 Å². The Morgan fingerprint density at radius 2 is 2.19 bits per heavy atom. The van der Waals surface area contributed by atoms with Gasteiger partial charge in [0, 0.05) is 37.8 Å². The molecule has 2 aromatic rings. The van der Waals surface area contributed by atoms with Gasteiger partial charge in [-0.1, -0.05) is 11.3 Å². The Labute approximate surface area is 126 Å². The number of hydrogen-bond acceptors (Lipinski definition) is 7. The number of nitrogens with one attached hydrogen (secondary N) is 1. The smallest absolute Gasteiger partial charge is 0.324 e. The Kier molecular flexibility index (Phi) is 4.59. The van der Waals surface area contributed by atoms with E-state index in [1.54, 1.807) is 19.4 Å². The summed E-state index contributed by atoms with van der Waals surface area (Å²) in [7, 11) is 5.41. The predicted octanol–water partition coefficient (Wildman–Crippen LogP) is 2.74. The molecular weight excluding hydrogens is 292 g/mol. The summed E-state index contributed by atoms with van der Waals surface area (Å²) in [5.41, 5.74) is 1.70. The lowest BCUT2D eigenvalue weighted by Crippen LogP contribution is -2.13. The van der Waals surface area contributed by atoms with Crippen LogP contribution in [-0.2, 0) is 6.54 Å². The molecule has 0 fully saturated rings. The molecule has 21 heavy (non-hydrogen) atoms. The highest BCUT2D eigenvalue weighted by molar-refractivity contribution is 7.15. The molecule has 0 aliphatic rings. The predicted molar refractivity (Wildman–Crippen MR) is 83.4 cm³/mol. The Morgan fingerprint density at radius 1 is 1.43 bits per heavy atom. The van der Waals surface area contributed by atoms with Crippen LogP contribution in [0.3, 0.4) is 0 Å². The minimum Gasteiger partial charge on any atom is -0.479 e. The van der Waals surface area contributed by atoms with Crippen molar-refractivity contribution in [1.29, 1.82) is 0 Å². The van der Waals surface area contributed by atoms with E-state index < -0.39 is 0 Å². The van der Waals surface area contributed by atoms with Gasteiger partial charge < -0.3 is 15.0 Å². The summed E-state index contributed by atoms with van der Waals surface area (Å²) in [6.07, 6.45) is 1.68. The first-order valence-corrected chi connectivity index (χ1v) is 7.02. The third-order valence-corrected chi connectivity index (χ3v) is 3.87. The maximum absolute atomic E-state index is 10.7. The number of pyridine rings is 1. The molecule has 0 saturated carbocycles. The van der Waals surface area contributed by atoms with Crippen molar-refractivity contribution in [2.45, 2.75) is 6.54 Å². The number of ether oxygens (including phenoxy) is 1. The first kappa shape index (κ1) is 15.0. The van der Waals surface area contributed by atoms with Crippen molar-refractivity contribution in [3.63, 3.8) is 0 Å². The second-order valence-corrected chi connectivity index (χ2v) is 5.61. The highest BCUT2D eigenvalue weighted by Gasteiger charge is 2.14. The van der Waals surface area contributed by atoms with E-state index in [9.17, 15) is 10.1 Å². The fraction of sp³-hybridized carbons (Fsp3) is 0.308. The highest BCUT2D eigenvalue weighted by atomic mass is 32.1. The Hall–Kier alpha value is -2.35. The van der Waals surface area contributed by atoms with E-state index in [1.807, 2.05) is 25.1 Å². The number of rotatable bonds is 6. The molecule has 0 aliphatic carbocycles. The van der Waals surface area contributed by atoms with Crippen LogP contribution in [-0.4, -0.2) is 31.1 Å². The summed E-state index contributed by atoms with van der Waals surface area (Å²) in [4.78, 5) is 17.3. The van der Waals surface area contributed by atoms with Crippen molar-refractivity contribution in [1.82, 2.24) is 4.98 Å². The first-order chi connectivity index (χ1) is 10.0. The number of thiophene rings is 1. The number of nitrogens with zero attached hydrogens (tertiary/aromatic N) is 3. The normalized spacial score (nSPS) is 10.2. The van der Waals surface area contributed by atoms with Gasteiger partial charge in [0.15, 0.2) is 0 Å². The molecule has 7 nitrogen and oxygen atoms in total. The number of hydrogen-bond donors (Lipinski definition) is 1. The van der Waals surface area contributed by atoms with E-state index in [4.69, 9.17) is 4.74 Å². The van der Waals surface area contributed by atoms with E-state index in [0.717, 1.165) is 27.6 Å². The van der Waals surface area contributed by atoms with Crippen molar-refractivity contribution >= 4 is 27.7 Å². The van der Waals surface area contributed by atoms with Crippen LogP contribution in [0.4, 0.5) is 16.4 Å². The van der Waals surface area contributed by atoms with Crippen LogP contribution < -0.4 is 15.0 Å². The summed E-state index contributed by atoms with van der Waals surface area (Å²) < 4.78 is 5.26. The molecule has 2 heterocycles. The minimum atomic E-state index is -0.385. The van der Waals surface area contributed by atoms with E-state index in [2.05, 4.69) is 10.3 Å². The van der Waals surface area contributed by atoms with Gasteiger partial charge in [-0.05, 0) is 12.1 Å². The van der Waals surface area contributed by atoms with Crippen LogP contribution in [0.2, 0.25) is 0 Å². The van der Waals surface area contributed by atoms with Crippen LogP contribution in [0.25, 0.3) is 0 Å². The van der Waals surface area contributed by atoms with Gasteiger partial charge in [-0.2, -0.15) is 0 Å². The van der Waals surface area contributed by atoms with Gasteiger partial charge in [0.25, 0.3) is 0 Å². The lowest BCUT2D eigenvalue weighted by Gasteiger charge is -2.19. The van der Waals surface area contributed by atoms with Gasteiger partial charge in [0.05, 0.1) is 17.7 Å². The highest BCUT2D eigenvalue weighted by Crippen LogP contribution is 2.33. The van der Waals surface area contributed by atoms with E-state index in [1.165, 1.54) is 6.07 Å². The van der Waals surface area contributed by atoms with Crippen LogP contribution >= 0.6 is 11.3 Å². The van der Waals surface area contributed by atoms with Crippen molar-refractivity contribution in [3.8, 4) is 5.88 Å². The molecule has 0 unspecified atom stereocenters. The molecule has 0 radical (unpaired) electrons. The second kappa shape index (κ2) is 6.40. The third-order valence-electron chi connectivity index (χ3n) is 2.84. The van der Waals surface area contributed by atoms with E-state index in [-0.39, 0.29) is 9.92 Å². The fourth-order valence-electron chi connectivity index (χ4n) is 1.86. The minimum absolute atomic E-state index is 0.137. The number of anilines is 2. The summed E-state index contributed by atoms with van der Waals surface area (Å²) in [5, 5.41) is 14.1. The molecule has 0 saturated heterocycles. The van der Waals surface area contributed by atoms with Gasteiger partial charge in [0.2, 0.25) is 5.88 Å². The lowest BCUT2D eigenvalue weighted by molar-refractivity contribution is -0.380. The topological polar surface area (TPSA) is 80.5 Å². The summed E-state index contributed by atoms with van der Waals surface area (Å²) >= 11 is 1.15. The number of nitro groups is 1. The van der Waals surface area contributed by atoms with E-state index in [0.29, 0.717) is 12.4 Å². The third kappa shape index (κ3) is 3.40. The van der Waals surface area contributed by atoms with Gasteiger partial charge in [0.1, 0.15) is 5.69 Å². The molecule has 1 N–H and O–H groups in total. The monoisotopic (exact) mass is 308 g/mol. The molecule has 0 aliphatic heterocycles. The molecule has 112 valence electrons. The summed E-state index contributed by atoms with van der Waals surface area (Å²) in [6, 6.07) is 5.13. The average molecular weight is 308 g/mol.